The highest BCUT2D eigenvalue weighted by atomic mass is 35.5. The third kappa shape index (κ3) is 2.96. The van der Waals surface area contributed by atoms with Crippen molar-refractivity contribution in [2.24, 2.45) is 0 Å². The summed E-state index contributed by atoms with van der Waals surface area (Å²) in [5.41, 5.74) is 0. The van der Waals surface area contributed by atoms with E-state index < -0.39 is 6.03 Å². The van der Waals surface area contributed by atoms with Gasteiger partial charge in [0.2, 0.25) is 0 Å². The summed E-state index contributed by atoms with van der Waals surface area (Å²) in [5, 5.41) is 2.31. The van der Waals surface area contributed by atoms with Crippen LogP contribution in [0.3, 0.4) is 0 Å². The fourth-order valence-electron chi connectivity index (χ4n) is 1.32. The second-order valence-electron chi connectivity index (χ2n) is 3.05. The molecule has 6 nitrogen and oxygen atoms in total. The summed E-state index contributed by atoms with van der Waals surface area (Å²) in [6, 6.07) is -0.905. The summed E-state index contributed by atoms with van der Waals surface area (Å²) >= 11 is 5.51. The number of nitrogens with one attached hydrogen (secondary N) is 1. The Bertz CT molecular complexity index is 319. The van der Waals surface area contributed by atoms with E-state index in [-0.39, 0.29) is 6.03 Å². The summed E-state index contributed by atoms with van der Waals surface area (Å²) in [6.45, 7) is 1.24. The van der Waals surface area contributed by atoms with Crippen molar-refractivity contribution in [1.82, 2.24) is 15.1 Å². The Labute approximate surface area is 97.8 Å². The van der Waals surface area contributed by atoms with Gasteiger partial charge in [0.05, 0.1) is 0 Å². The molecule has 0 spiro atoms. The van der Waals surface area contributed by atoms with E-state index in [0.717, 1.165) is 11.0 Å². The Balaban J connectivity index is 2.49. The van der Waals surface area contributed by atoms with Gasteiger partial charge in [-0.2, -0.15) is 0 Å². The SMILES string of the molecule is O=C/C=C/NC(=O)N1CCN(CCCl)C1=O. The fraction of sp³-hybridized carbons (Fsp3) is 0.444. The standard InChI is InChI=1S/C9H12ClN3O3/c10-2-4-12-5-6-13(9(12)16)8(15)11-3-1-7-14/h1,3,7H,2,4-6H2,(H,11,15)/b3-1+. The number of carbonyl (C=O) groups is 3. The third-order valence-corrected chi connectivity index (χ3v) is 2.25. The molecule has 1 fully saturated rings. The molecule has 0 saturated carbocycles. The number of rotatable bonds is 4. The van der Waals surface area contributed by atoms with E-state index in [0.29, 0.717) is 31.8 Å². The predicted molar refractivity (Wildman–Crippen MR) is 58.1 cm³/mol. The normalized spacial score (nSPS) is 15.9. The molecule has 0 aromatic rings. The zero-order valence-corrected chi connectivity index (χ0v) is 9.31. The minimum absolute atomic E-state index is 0.330. The summed E-state index contributed by atoms with van der Waals surface area (Å²) in [7, 11) is 0. The molecule has 0 bridgehead atoms. The van der Waals surface area contributed by atoms with Crippen molar-refractivity contribution >= 4 is 29.9 Å². The van der Waals surface area contributed by atoms with Crippen molar-refractivity contribution in [3.63, 3.8) is 0 Å². The van der Waals surface area contributed by atoms with Gasteiger partial charge in [0.15, 0.2) is 0 Å². The molecule has 0 aromatic heterocycles. The molecule has 4 amide bonds. The summed E-state index contributed by atoms with van der Waals surface area (Å²) in [5.74, 6) is 0.340. The molecule has 88 valence electrons. The van der Waals surface area contributed by atoms with E-state index in [9.17, 15) is 14.4 Å². The molecule has 0 atom stereocenters. The van der Waals surface area contributed by atoms with Crippen LogP contribution < -0.4 is 5.32 Å². The maximum atomic E-state index is 11.6. The molecule has 1 N–H and O–H groups in total. The molecule has 1 rings (SSSR count). The smallest absolute Gasteiger partial charge is 0.321 e. The number of carbonyl (C=O) groups excluding carboxylic acids is 3. The molecule has 0 radical (unpaired) electrons. The first-order valence-corrected chi connectivity index (χ1v) is 5.27. The van der Waals surface area contributed by atoms with Gasteiger partial charge >= 0.3 is 12.1 Å². The highest BCUT2D eigenvalue weighted by Gasteiger charge is 2.32. The Morgan fingerprint density at radius 2 is 2.25 bits per heavy atom. The van der Waals surface area contributed by atoms with Crippen molar-refractivity contribution in [3.8, 4) is 0 Å². The van der Waals surface area contributed by atoms with Crippen molar-refractivity contribution in [2.45, 2.75) is 0 Å². The minimum Gasteiger partial charge on any atom is -0.321 e. The number of alkyl halides is 1. The number of aldehydes is 1. The fourth-order valence-corrected chi connectivity index (χ4v) is 1.52. The second kappa shape index (κ2) is 6.12. The van der Waals surface area contributed by atoms with Gasteiger partial charge in [0.25, 0.3) is 0 Å². The molecular formula is C9H12ClN3O3. The van der Waals surface area contributed by atoms with Gasteiger partial charge in [-0.15, -0.1) is 11.6 Å². The Morgan fingerprint density at radius 1 is 1.50 bits per heavy atom. The van der Waals surface area contributed by atoms with Gasteiger partial charge in [0, 0.05) is 31.7 Å². The molecule has 0 aliphatic carbocycles. The maximum absolute atomic E-state index is 11.6. The van der Waals surface area contributed by atoms with Crippen LogP contribution >= 0.6 is 11.6 Å². The van der Waals surface area contributed by atoms with E-state index in [1.807, 2.05) is 0 Å². The zero-order chi connectivity index (χ0) is 12.0. The number of nitrogens with zero attached hydrogens (tertiary/aromatic N) is 2. The maximum Gasteiger partial charge on any atom is 0.329 e. The summed E-state index contributed by atoms with van der Waals surface area (Å²) < 4.78 is 0. The molecule has 1 aliphatic heterocycles. The van der Waals surface area contributed by atoms with E-state index in [1.54, 1.807) is 0 Å². The van der Waals surface area contributed by atoms with Crippen LogP contribution in [-0.2, 0) is 4.79 Å². The molecular weight excluding hydrogens is 234 g/mol. The average molecular weight is 246 g/mol. The first-order chi connectivity index (χ1) is 7.70. The van der Waals surface area contributed by atoms with Crippen LogP contribution in [0.4, 0.5) is 9.59 Å². The molecule has 1 aliphatic rings. The number of amides is 4. The lowest BCUT2D eigenvalue weighted by Crippen LogP contribution is -2.41. The first-order valence-electron chi connectivity index (χ1n) is 4.74. The number of imide groups is 1. The largest absolute Gasteiger partial charge is 0.329 e. The van der Waals surface area contributed by atoms with Crippen molar-refractivity contribution in [3.05, 3.63) is 12.3 Å². The number of hydrogen-bond acceptors (Lipinski definition) is 3. The van der Waals surface area contributed by atoms with E-state index in [1.165, 1.54) is 11.1 Å². The van der Waals surface area contributed by atoms with Gasteiger partial charge in [-0.3, -0.25) is 4.79 Å². The Morgan fingerprint density at radius 3 is 2.88 bits per heavy atom. The quantitative estimate of drug-likeness (QED) is 0.442. The van der Waals surface area contributed by atoms with Crippen molar-refractivity contribution in [1.29, 1.82) is 0 Å². The molecule has 16 heavy (non-hydrogen) atoms. The van der Waals surface area contributed by atoms with Crippen molar-refractivity contribution < 1.29 is 14.4 Å². The number of allylic oxidation sites excluding steroid dienone is 1. The van der Waals surface area contributed by atoms with Gasteiger partial charge < -0.3 is 10.2 Å². The topological polar surface area (TPSA) is 69.7 Å². The number of urea groups is 2. The molecule has 7 heteroatoms. The summed E-state index contributed by atoms with van der Waals surface area (Å²) in [4.78, 5) is 35.6. The van der Waals surface area contributed by atoms with E-state index in [4.69, 9.17) is 11.6 Å². The lowest BCUT2D eigenvalue weighted by molar-refractivity contribution is -0.104. The van der Waals surface area contributed by atoms with Crippen LogP contribution in [0.1, 0.15) is 0 Å². The van der Waals surface area contributed by atoms with Crippen LogP contribution in [0.5, 0.6) is 0 Å². The average Bonchev–Trinajstić information content (AvgIpc) is 2.62. The Kier molecular flexibility index (Phi) is 4.78. The van der Waals surface area contributed by atoms with Crippen LogP contribution in [0.25, 0.3) is 0 Å². The van der Waals surface area contributed by atoms with E-state index in [2.05, 4.69) is 5.32 Å². The van der Waals surface area contributed by atoms with Gasteiger partial charge in [-0.05, 0) is 6.08 Å². The number of hydrogen-bond donors (Lipinski definition) is 1. The highest BCUT2D eigenvalue weighted by Crippen LogP contribution is 2.08. The molecule has 0 aromatic carbocycles. The summed E-state index contributed by atoms with van der Waals surface area (Å²) in [6.07, 6.45) is 2.85. The lowest BCUT2D eigenvalue weighted by Gasteiger charge is -2.15. The molecule has 1 heterocycles. The monoisotopic (exact) mass is 245 g/mol. The predicted octanol–water partition coefficient (Wildman–Crippen LogP) is 0.385. The lowest BCUT2D eigenvalue weighted by atomic mass is 10.6. The van der Waals surface area contributed by atoms with E-state index >= 15 is 0 Å². The van der Waals surface area contributed by atoms with Crippen molar-refractivity contribution in [2.75, 3.05) is 25.5 Å². The third-order valence-electron chi connectivity index (χ3n) is 2.08. The van der Waals surface area contributed by atoms with Crippen LogP contribution in [0.2, 0.25) is 0 Å². The molecule has 1 saturated heterocycles. The zero-order valence-electron chi connectivity index (χ0n) is 8.56. The Hall–Kier alpha value is -1.56. The highest BCUT2D eigenvalue weighted by molar-refractivity contribution is 6.18. The van der Waals surface area contributed by atoms with Crippen LogP contribution in [0.15, 0.2) is 12.3 Å². The number of halogens is 1. The first kappa shape index (κ1) is 12.5. The van der Waals surface area contributed by atoms with Crippen LogP contribution in [0, 0.1) is 0 Å². The van der Waals surface area contributed by atoms with Gasteiger partial charge in [-0.25, -0.2) is 14.5 Å². The second-order valence-corrected chi connectivity index (χ2v) is 3.43. The van der Waals surface area contributed by atoms with Gasteiger partial charge in [-0.1, -0.05) is 0 Å². The van der Waals surface area contributed by atoms with Crippen LogP contribution in [-0.4, -0.2) is 53.7 Å². The minimum atomic E-state index is -0.542. The molecule has 0 unspecified atom stereocenters. The van der Waals surface area contributed by atoms with Gasteiger partial charge in [0.1, 0.15) is 6.29 Å².